The van der Waals surface area contributed by atoms with Gasteiger partial charge in [0.05, 0.1) is 12.7 Å². The molecule has 0 saturated heterocycles. The molecule has 80 valence electrons. The number of ether oxygens (including phenoxy) is 1. The molecule has 0 bridgehead atoms. The van der Waals surface area contributed by atoms with Crippen LogP contribution in [0.2, 0.25) is 0 Å². The lowest BCUT2D eigenvalue weighted by Gasteiger charge is -2.11. The quantitative estimate of drug-likeness (QED) is 0.802. The molecule has 0 radical (unpaired) electrons. The number of nitrogens with one attached hydrogen (secondary N) is 1. The Kier molecular flexibility index (Phi) is 4.49. The zero-order valence-corrected chi connectivity index (χ0v) is 9.16. The van der Waals surface area contributed by atoms with Crippen LogP contribution in [-0.4, -0.2) is 12.6 Å². The van der Waals surface area contributed by atoms with Crippen molar-refractivity contribution in [2.24, 2.45) is 0 Å². The van der Waals surface area contributed by atoms with E-state index in [2.05, 4.69) is 11.4 Å². The predicted octanol–water partition coefficient (Wildman–Crippen LogP) is 2.80. The highest BCUT2D eigenvalue weighted by molar-refractivity contribution is 5.48. The highest BCUT2D eigenvalue weighted by Crippen LogP contribution is 2.16. The number of hydrogen-bond donors (Lipinski definition) is 1. The Bertz CT molecular complexity index is 326. The van der Waals surface area contributed by atoms with Gasteiger partial charge in [-0.15, -0.1) is 0 Å². The van der Waals surface area contributed by atoms with E-state index in [0.717, 1.165) is 17.9 Å². The van der Waals surface area contributed by atoms with E-state index in [1.165, 1.54) is 0 Å². The Balaban J connectivity index is 2.60. The summed E-state index contributed by atoms with van der Waals surface area (Å²) in [4.78, 5) is 0. The highest BCUT2D eigenvalue weighted by atomic mass is 16.5. The number of rotatable bonds is 5. The van der Waals surface area contributed by atoms with Gasteiger partial charge in [0.25, 0.3) is 0 Å². The third kappa shape index (κ3) is 3.51. The first-order valence-electron chi connectivity index (χ1n) is 5.19. The molecule has 0 aliphatic heterocycles. The minimum Gasteiger partial charge on any atom is -0.494 e. The maximum Gasteiger partial charge on any atom is 0.119 e. The van der Waals surface area contributed by atoms with Crippen LogP contribution in [0.5, 0.6) is 5.75 Å². The minimum atomic E-state index is -0.122. The van der Waals surface area contributed by atoms with Crippen molar-refractivity contribution in [3.8, 4) is 11.8 Å². The summed E-state index contributed by atoms with van der Waals surface area (Å²) >= 11 is 0. The zero-order chi connectivity index (χ0) is 11.1. The van der Waals surface area contributed by atoms with Crippen molar-refractivity contribution in [2.75, 3.05) is 11.9 Å². The predicted molar refractivity (Wildman–Crippen MR) is 60.9 cm³/mol. The van der Waals surface area contributed by atoms with Gasteiger partial charge < -0.3 is 10.1 Å². The first-order chi connectivity index (χ1) is 7.30. The molecule has 0 spiro atoms. The normalized spacial score (nSPS) is 11.5. The monoisotopic (exact) mass is 204 g/mol. The standard InChI is InChI=1S/C12H16N2O/c1-3-10(9-13)14-11-5-7-12(8-6-11)15-4-2/h5-8,10,14H,3-4H2,1-2H3. The van der Waals surface area contributed by atoms with E-state index < -0.39 is 0 Å². The van der Waals surface area contributed by atoms with Crippen molar-refractivity contribution in [3.63, 3.8) is 0 Å². The van der Waals surface area contributed by atoms with E-state index in [0.29, 0.717) is 6.61 Å². The molecule has 0 amide bonds. The summed E-state index contributed by atoms with van der Waals surface area (Å²) in [6.07, 6.45) is 0.795. The number of nitriles is 1. The molecule has 0 aliphatic rings. The largest absolute Gasteiger partial charge is 0.494 e. The lowest BCUT2D eigenvalue weighted by molar-refractivity contribution is 0.340. The first-order valence-corrected chi connectivity index (χ1v) is 5.19. The van der Waals surface area contributed by atoms with Crippen molar-refractivity contribution < 1.29 is 4.74 Å². The van der Waals surface area contributed by atoms with E-state index in [1.807, 2.05) is 38.1 Å². The van der Waals surface area contributed by atoms with Crippen molar-refractivity contribution in [2.45, 2.75) is 26.3 Å². The molecule has 1 aromatic carbocycles. The van der Waals surface area contributed by atoms with Gasteiger partial charge >= 0.3 is 0 Å². The Morgan fingerprint density at radius 3 is 2.47 bits per heavy atom. The Morgan fingerprint density at radius 1 is 1.33 bits per heavy atom. The van der Waals surface area contributed by atoms with Crippen LogP contribution in [0.25, 0.3) is 0 Å². The summed E-state index contributed by atoms with van der Waals surface area (Å²) in [6.45, 7) is 4.60. The average Bonchev–Trinajstić information content (AvgIpc) is 2.28. The minimum absolute atomic E-state index is 0.122. The summed E-state index contributed by atoms with van der Waals surface area (Å²) in [5.74, 6) is 0.855. The second-order valence-electron chi connectivity index (χ2n) is 3.19. The molecular weight excluding hydrogens is 188 g/mol. The first kappa shape index (κ1) is 11.4. The van der Waals surface area contributed by atoms with Gasteiger partial charge in [-0.1, -0.05) is 6.92 Å². The second kappa shape index (κ2) is 5.92. The second-order valence-corrected chi connectivity index (χ2v) is 3.19. The van der Waals surface area contributed by atoms with E-state index in [-0.39, 0.29) is 6.04 Å². The van der Waals surface area contributed by atoms with Gasteiger partial charge in [-0.2, -0.15) is 5.26 Å². The van der Waals surface area contributed by atoms with Crippen LogP contribution in [-0.2, 0) is 0 Å². The fourth-order valence-corrected chi connectivity index (χ4v) is 1.24. The molecular formula is C12H16N2O. The van der Waals surface area contributed by atoms with Crippen LogP contribution in [0, 0.1) is 11.3 Å². The number of anilines is 1. The molecule has 0 saturated carbocycles. The molecule has 0 fully saturated rings. The molecule has 15 heavy (non-hydrogen) atoms. The van der Waals surface area contributed by atoms with Crippen LogP contribution < -0.4 is 10.1 Å². The molecule has 0 aliphatic carbocycles. The van der Waals surface area contributed by atoms with Gasteiger partial charge in [0.15, 0.2) is 0 Å². The highest BCUT2D eigenvalue weighted by Gasteiger charge is 2.03. The molecule has 1 atom stereocenters. The van der Waals surface area contributed by atoms with Gasteiger partial charge in [-0.3, -0.25) is 0 Å². The fourth-order valence-electron chi connectivity index (χ4n) is 1.24. The van der Waals surface area contributed by atoms with E-state index in [4.69, 9.17) is 10.00 Å². The molecule has 1 rings (SSSR count). The average molecular weight is 204 g/mol. The lowest BCUT2D eigenvalue weighted by atomic mass is 10.2. The summed E-state index contributed by atoms with van der Waals surface area (Å²) < 4.78 is 5.33. The number of benzene rings is 1. The molecule has 3 nitrogen and oxygen atoms in total. The molecule has 1 N–H and O–H groups in total. The number of hydrogen-bond acceptors (Lipinski definition) is 3. The van der Waals surface area contributed by atoms with Crippen molar-refractivity contribution in [1.29, 1.82) is 5.26 Å². The Labute approximate surface area is 90.7 Å². The third-order valence-electron chi connectivity index (χ3n) is 2.07. The van der Waals surface area contributed by atoms with Gasteiger partial charge in [0.1, 0.15) is 11.8 Å². The van der Waals surface area contributed by atoms with Gasteiger partial charge in [0.2, 0.25) is 0 Å². The lowest BCUT2D eigenvalue weighted by Crippen LogP contribution is -2.15. The number of nitrogens with zero attached hydrogens (tertiary/aromatic N) is 1. The van der Waals surface area contributed by atoms with Crippen LogP contribution in [0.3, 0.4) is 0 Å². The zero-order valence-electron chi connectivity index (χ0n) is 9.16. The Hall–Kier alpha value is -1.69. The third-order valence-corrected chi connectivity index (χ3v) is 2.07. The van der Waals surface area contributed by atoms with Crippen LogP contribution in [0.4, 0.5) is 5.69 Å². The summed E-state index contributed by atoms with van der Waals surface area (Å²) in [7, 11) is 0. The van der Waals surface area contributed by atoms with Crippen molar-refractivity contribution in [1.82, 2.24) is 0 Å². The molecule has 0 heterocycles. The van der Waals surface area contributed by atoms with E-state index in [9.17, 15) is 0 Å². The molecule has 1 aromatic rings. The fraction of sp³-hybridized carbons (Fsp3) is 0.417. The van der Waals surface area contributed by atoms with Gasteiger partial charge in [0, 0.05) is 5.69 Å². The summed E-state index contributed by atoms with van der Waals surface area (Å²) in [6, 6.07) is 9.72. The maximum absolute atomic E-state index is 8.79. The smallest absolute Gasteiger partial charge is 0.119 e. The van der Waals surface area contributed by atoms with Gasteiger partial charge in [-0.05, 0) is 37.6 Å². The summed E-state index contributed by atoms with van der Waals surface area (Å²) in [5.41, 5.74) is 0.951. The van der Waals surface area contributed by atoms with Crippen LogP contribution in [0.1, 0.15) is 20.3 Å². The van der Waals surface area contributed by atoms with Crippen molar-refractivity contribution >= 4 is 5.69 Å². The van der Waals surface area contributed by atoms with E-state index in [1.54, 1.807) is 0 Å². The topological polar surface area (TPSA) is 45.0 Å². The van der Waals surface area contributed by atoms with Gasteiger partial charge in [-0.25, -0.2) is 0 Å². The Morgan fingerprint density at radius 2 is 2.00 bits per heavy atom. The maximum atomic E-state index is 8.79. The SMILES string of the molecule is CCOc1ccc(NC(C#N)CC)cc1. The molecule has 3 heteroatoms. The van der Waals surface area contributed by atoms with Crippen LogP contribution in [0.15, 0.2) is 24.3 Å². The molecule has 1 unspecified atom stereocenters. The van der Waals surface area contributed by atoms with Crippen LogP contribution >= 0.6 is 0 Å². The molecule has 0 aromatic heterocycles. The van der Waals surface area contributed by atoms with Crippen molar-refractivity contribution in [3.05, 3.63) is 24.3 Å². The van der Waals surface area contributed by atoms with E-state index >= 15 is 0 Å². The summed E-state index contributed by atoms with van der Waals surface area (Å²) in [5, 5.41) is 11.9.